The molecule has 0 amide bonds. The molecule has 3 rings (SSSR count). The van der Waals surface area contributed by atoms with E-state index in [0.29, 0.717) is 6.54 Å². The van der Waals surface area contributed by atoms with E-state index < -0.39 is 0 Å². The number of anilines is 1. The summed E-state index contributed by atoms with van der Waals surface area (Å²) in [6.45, 7) is 3.52. The molecule has 2 heterocycles. The Balaban J connectivity index is 1.71. The van der Waals surface area contributed by atoms with Crippen molar-refractivity contribution in [3.05, 3.63) is 52.1 Å². The second-order valence-electron chi connectivity index (χ2n) is 4.67. The molecule has 102 valence electrons. The first-order chi connectivity index (χ1) is 9.72. The van der Waals surface area contributed by atoms with Crippen LogP contribution in [0.25, 0.3) is 10.9 Å². The average molecular weight is 284 g/mol. The third-order valence-electron chi connectivity index (χ3n) is 3.08. The summed E-state index contributed by atoms with van der Waals surface area (Å²) in [5.74, 6) is 0. The van der Waals surface area contributed by atoms with Gasteiger partial charge in [-0.05, 0) is 19.1 Å². The topological polar surface area (TPSA) is 63.8 Å². The molecule has 20 heavy (non-hydrogen) atoms. The monoisotopic (exact) mass is 284 g/mol. The standard InChI is InChI=1S/C15H16N4S/c1-10-18-9-12(20-10)8-17-7-11-6-14(16)13-4-2-3-5-15(13)19-11/h2-6,9,17H,7-8H2,1H3,(H2,16,19). The van der Waals surface area contributed by atoms with Crippen LogP contribution in [0.2, 0.25) is 0 Å². The number of hydrogen-bond donors (Lipinski definition) is 2. The molecule has 4 nitrogen and oxygen atoms in total. The normalized spacial score (nSPS) is 11.1. The molecule has 3 aromatic rings. The van der Waals surface area contributed by atoms with E-state index in [4.69, 9.17) is 5.73 Å². The summed E-state index contributed by atoms with van der Waals surface area (Å²) in [6.07, 6.45) is 1.91. The Morgan fingerprint density at radius 1 is 1.25 bits per heavy atom. The number of nitrogen functional groups attached to an aromatic ring is 1. The molecule has 0 unspecified atom stereocenters. The number of nitrogens with one attached hydrogen (secondary N) is 1. The zero-order valence-electron chi connectivity index (χ0n) is 11.3. The lowest BCUT2D eigenvalue weighted by Crippen LogP contribution is -2.13. The lowest BCUT2D eigenvalue weighted by atomic mass is 10.1. The van der Waals surface area contributed by atoms with Crippen molar-refractivity contribution in [3.8, 4) is 0 Å². The predicted molar refractivity (Wildman–Crippen MR) is 83.6 cm³/mol. The predicted octanol–water partition coefficient (Wildman–Crippen LogP) is 2.87. The minimum atomic E-state index is 0.700. The van der Waals surface area contributed by atoms with Gasteiger partial charge in [0.2, 0.25) is 0 Å². The Morgan fingerprint density at radius 3 is 2.90 bits per heavy atom. The largest absolute Gasteiger partial charge is 0.398 e. The van der Waals surface area contributed by atoms with E-state index in [1.54, 1.807) is 11.3 Å². The first kappa shape index (κ1) is 13.0. The molecule has 0 aliphatic heterocycles. The van der Waals surface area contributed by atoms with Gasteiger partial charge >= 0.3 is 0 Å². The van der Waals surface area contributed by atoms with Gasteiger partial charge in [-0.15, -0.1) is 11.3 Å². The highest BCUT2D eigenvalue weighted by molar-refractivity contribution is 7.11. The van der Waals surface area contributed by atoms with Crippen molar-refractivity contribution in [1.29, 1.82) is 0 Å². The van der Waals surface area contributed by atoms with Crippen LogP contribution in [0.1, 0.15) is 15.6 Å². The fourth-order valence-corrected chi connectivity index (χ4v) is 2.92. The maximum atomic E-state index is 6.07. The van der Waals surface area contributed by atoms with Gasteiger partial charge in [0, 0.05) is 35.2 Å². The molecule has 0 radical (unpaired) electrons. The third-order valence-corrected chi connectivity index (χ3v) is 3.99. The maximum absolute atomic E-state index is 6.07. The fourth-order valence-electron chi connectivity index (χ4n) is 2.15. The van der Waals surface area contributed by atoms with Gasteiger partial charge in [-0.3, -0.25) is 4.98 Å². The van der Waals surface area contributed by atoms with Gasteiger partial charge in [0.15, 0.2) is 0 Å². The van der Waals surface area contributed by atoms with Crippen LogP contribution in [0.4, 0.5) is 5.69 Å². The van der Waals surface area contributed by atoms with Crippen LogP contribution in [0.5, 0.6) is 0 Å². The van der Waals surface area contributed by atoms with E-state index in [1.807, 2.05) is 43.5 Å². The van der Waals surface area contributed by atoms with Crippen molar-refractivity contribution in [1.82, 2.24) is 15.3 Å². The molecule has 0 aliphatic carbocycles. The molecule has 0 aliphatic rings. The molecule has 2 aromatic heterocycles. The van der Waals surface area contributed by atoms with Gasteiger partial charge in [0.1, 0.15) is 0 Å². The number of fused-ring (bicyclic) bond motifs is 1. The second kappa shape index (κ2) is 5.56. The molecule has 0 atom stereocenters. The molecule has 0 saturated heterocycles. The molecule has 0 spiro atoms. The number of aryl methyl sites for hydroxylation is 1. The summed E-state index contributed by atoms with van der Waals surface area (Å²) in [7, 11) is 0. The average Bonchev–Trinajstić information content (AvgIpc) is 2.85. The smallest absolute Gasteiger partial charge is 0.0897 e. The number of aromatic nitrogens is 2. The van der Waals surface area contributed by atoms with Crippen molar-refractivity contribution in [2.75, 3.05) is 5.73 Å². The van der Waals surface area contributed by atoms with Crippen molar-refractivity contribution >= 4 is 27.9 Å². The van der Waals surface area contributed by atoms with Crippen molar-refractivity contribution in [2.45, 2.75) is 20.0 Å². The van der Waals surface area contributed by atoms with Crippen LogP contribution in [0.3, 0.4) is 0 Å². The molecule has 5 heteroatoms. The molecule has 0 saturated carbocycles. The molecule has 0 bridgehead atoms. The third kappa shape index (κ3) is 2.79. The SMILES string of the molecule is Cc1ncc(CNCc2cc(N)c3ccccc3n2)s1. The number of rotatable bonds is 4. The number of benzene rings is 1. The van der Waals surface area contributed by atoms with Gasteiger partial charge in [-0.2, -0.15) is 0 Å². The van der Waals surface area contributed by atoms with Crippen LogP contribution in [-0.2, 0) is 13.1 Å². The number of thiazole rings is 1. The van der Waals surface area contributed by atoms with E-state index in [9.17, 15) is 0 Å². The molecular weight excluding hydrogens is 268 g/mol. The quantitative estimate of drug-likeness (QED) is 0.773. The molecule has 3 N–H and O–H groups in total. The Kier molecular flexibility index (Phi) is 3.62. The second-order valence-corrected chi connectivity index (χ2v) is 5.99. The number of nitrogens with two attached hydrogens (primary N) is 1. The van der Waals surface area contributed by atoms with Crippen molar-refractivity contribution in [3.63, 3.8) is 0 Å². The van der Waals surface area contributed by atoms with Gasteiger partial charge < -0.3 is 11.1 Å². The lowest BCUT2D eigenvalue weighted by Gasteiger charge is -2.07. The van der Waals surface area contributed by atoms with Crippen LogP contribution >= 0.6 is 11.3 Å². The van der Waals surface area contributed by atoms with Crippen LogP contribution in [0.15, 0.2) is 36.5 Å². The maximum Gasteiger partial charge on any atom is 0.0897 e. The first-order valence-electron chi connectivity index (χ1n) is 6.48. The Labute approximate surface area is 121 Å². The first-order valence-corrected chi connectivity index (χ1v) is 7.30. The number of pyridine rings is 1. The van der Waals surface area contributed by atoms with Crippen LogP contribution in [0, 0.1) is 6.92 Å². The summed E-state index contributed by atoms with van der Waals surface area (Å²) in [6, 6.07) is 9.88. The van der Waals surface area contributed by atoms with E-state index in [-0.39, 0.29) is 0 Å². The Hall–Kier alpha value is -1.98. The minimum absolute atomic E-state index is 0.700. The number of hydrogen-bond acceptors (Lipinski definition) is 5. The van der Waals surface area contributed by atoms with E-state index >= 15 is 0 Å². The van der Waals surface area contributed by atoms with Gasteiger partial charge in [-0.1, -0.05) is 18.2 Å². The molecule has 0 fully saturated rings. The van der Waals surface area contributed by atoms with E-state index in [1.165, 1.54) is 4.88 Å². The van der Waals surface area contributed by atoms with Crippen molar-refractivity contribution in [2.24, 2.45) is 0 Å². The number of para-hydroxylation sites is 1. The summed E-state index contributed by atoms with van der Waals surface area (Å²) in [5, 5.41) is 5.48. The van der Waals surface area contributed by atoms with Gasteiger partial charge in [-0.25, -0.2) is 4.98 Å². The summed E-state index contributed by atoms with van der Waals surface area (Å²) in [5.41, 5.74) is 8.75. The highest BCUT2D eigenvalue weighted by Crippen LogP contribution is 2.20. The highest BCUT2D eigenvalue weighted by Gasteiger charge is 2.03. The van der Waals surface area contributed by atoms with Gasteiger partial charge in [0.25, 0.3) is 0 Å². The zero-order chi connectivity index (χ0) is 13.9. The van der Waals surface area contributed by atoms with E-state index in [0.717, 1.165) is 33.8 Å². The molecule has 1 aromatic carbocycles. The summed E-state index contributed by atoms with van der Waals surface area (Å²) < 4.78 is 0. The highest BCUT2D eigenvalue weighted by atomic mass is 32.1. The zero-order valence-corrected chi connectivity index (χ0v) is 12.1. The Bertz CT molecular complexity index is 736. The summed E-state index contributed by atoms with van der Waals surface area (Å²) in [4.78, 5) is 10.1. The van der Waals surface area contributed by atoms with Crippen molar-refractivity contribution < 1.29 is 0 Å². The Morgan fingerprint density at radius 2 is 2.10 bits per heavy atom. The summed E-state index contributed by atoms with van der Waals surface area (Å²) >= 11 is 1.71. The lowest BCUT2D eigenvalue weighted by molar-refractivity contribution is 0.688. The van der Waals surface area contributed by atoms with Crippen LogP contribution < -0.4 is 11.1 Å². The minimum Gasteiger partial charge on any atom is -0.398 e. The fraction of sp³-hybridized carbons (Fsp3) is 0.200. The number of nitrogens with zero attached hydrogens (tertiary/aromatic N) is 2. The van der Waals surface area contributed by atoms with Crippen LogP contribution in [-0.4, -0.2) is 9.97 Å². The van der Waals surface area contributed by atoms with E-state index in [2.05, 4.69) is 15.3 Å². The molecular formula is C15H16N4S. The van der Waals surface area contributed by atoms with Gasteiger partial charge in [0.05, 0.1) is 16.2 Å².